The Morgan fingerprint density at radius 2 is 2.11 bits per heavy atom. The fraction of sp³-hybridized carbons (Fsp3) is 0.0769. The Balaban J connectivity index is 2.18. The quantitative estimate of drug-likeness (QED) is 0.692. The lowest BCUT2D eigenvalue weighted by molar-refractivity contribution is 1.06. The zero-order valence-electron chi connectivity index (χ0n) is 9.48. The molecule has 1 aromatic carbocycles. The molecule has 5 heteroatoms. The van der Waals surface area contributed by atoms with Crippen LogP contribution in [0.3, 0.4) is 0 Å². The molecule has 0 saturated heterocycles. The normalized spacial score (nSPS) is 11.6. The molecule has 0 amide bonds. The smallest absolute Gasteiger partial charge is 0.127 e. The van der Waals surface area contributed by atoms with Crippen LogP contribution in [0.5, 0.6) is 0 Å². The summed E-state index contributed by atoms with van der Waals surface area (Å²) in [4.78, 5) is 8.26. The minimum atomic E-state index is 0.389. The highest BCUT2D eigenvalue weighted by atomic mass is 35.5. The second kappa shape index (κ2) is 5.85. The number of rotatable bonds is 3. The molecule has 0 saturated carbocycles. The number of benzene rings is 1. The highest BCUT2D eigenvalue weighted by Crippen LogP contribution is 2.21. The summed E-state index contributed by atoms with van der Waals surface area (Å²) in [5.41, 5.74) is 7.50. The van der Waals surface area contributed by atoms with Crippen molar-refractivity contribution in [3.8, 4) is 0 Å². The zero-order valence-corrected chi connectivity index (χ0v) is 11.0. The van der Waals surface area contributed by atoms with E-state index in [1.807, 2.05) is 12.1 Å². The van der Waals surface area contributed by atoms with Crippen molar-refractivity contribution in [2.24, 2.45) is 10.7 Å². The number of hydrogen-bond acceptors (Lipinski definition) is 2. The van der Waals surface area contributed by atoms with Crippen molar-refractivity contribution in [1.82, 2.24) is 4.98 Å². The fourth-order valence-corrected chi connectivity index (χ4v) is 1.81. The van der Waals surface area contributed by atoms with Crippen LogP contribution in [0.4, 0.5) is 0 Å². The third-order valence-corrected chi connectivity index (χ3v) is 2.99. The first-order valence-electron chi connectivity index (χ1n) is 5.31. The molecular formula is C13H11Cl2N3. The summed E-state index contributed by atoms with van der Waals surface area (Å²) in [5.74, 6) is 0.430. The van der Waals surface area contributed by atoms with Crippen LogP contribution < -0.4 is 5.73 Å². The van der Waals surface area contributed by atoms with Crippen LogP contribution in [0.25, 0.3) is 0 Å². The van der Waals surface area contributed by atoms with Crippen molar-refractivity contribution in [2.45, 2.75) is 6.54 Å². The number of aliphatic imine (C=N–C) groups is 1. The van der Waals surface area contributed by atoms with E-state index in [4.69, 9.17) is 28.9 Å². The highest BCUT2D eigenvalue weighted by molar-refractivity contribution is 6.33. The van der Waals surface area contributed by atoms with Gasteiger partial charge in [-0.2, -0.15) is 0 Å². The molecule has 2 aromatic rings. The summed E-state index contributed by atoms with van der Waals surface area (Å²) in [6.07, 6.45) is 3.35. The average Bonchev–Trinajstić information content (AvgIpc) is 2.40. The van der Waals surface area contributed by atoms with Crippen LogP contribution in [-0.2, 0) is 6.54 Å². The summed E-state index contributed by atoms with van der Waals surface area (Å²) >= 11 is 11.9. The first-order valence-corrected chi connectivity index (χ1v) is 6.06. The van der Waals surface area contributed by atoms with E-state index in [0.29, 0.717) is 22.4 Å². The number of aromatic nitrogens is 1. The molecule has 2 N–H and O–H groups in total. The highest BCUT2D eigenvalue weighted by Gasteiger charge is 2.02. The summed E-state index contributed by atoms with van der Waals surface area (Å²) in [6, 6.07) is 8.93. The number of amidine groups is 1. The van der Waals surface area contributed by atoms with Crippen LogP contribution in [0, 0.1) is 0 Å². The van der Waals surface area contributed by atoms with Gasteiger partial charge in [0, 0.05) is 28.0 Å². The second-order valence-electron chi connectivity index (χ2n) is 3.68. The van der Waals surface area contributed by atoms with Gasteiger partial charge < -0.3 is 5.73 Å². The van der Waals surface area contributed by atoms with E-state index >= 15 is 0 Å². The van der Waals surface area contributed by atoms with Crippen molar-refractivity contribution < 1.29 is 0 Å². The number of nitrogens with zero attached hydrogens (tertiary/aromatic N) is 2. The van der Waals surface area contributed by atoms with Gasteiger partial charge in [0.1, 0.15) is 5.84 Å². The number of halogens is 2. The van der Waals surface area contributed by atoms with Gasteiger partial charge in [0.2, 0.25) is 0 Å². The van der Waals surface area contributed by atoms with Crippen molar-refractivity contribution in [2.75, 3.05) is 0 Å². The standard InChI is InChI=1S/C13H11Cl2N3/c14-11-3-4-12(15)10(6-11)8-18-13(16)9-2-1-5-17-7-9/h1-7H,8H2,(H2,16,18). The third-order valence-electron chi connectivity index (χ3n) is 2.38. The first kappa shape index (κ1) is 12.9. The van der Waals surface area contributed by atoms with Crippen molar-refractivity contribution in [1.29, 1.82) is 0 Å². The molecule has 0 spiro atoms. The minimum absolute atomic E-state index is 0.389. The molecule has 2 rings (SSSR count). The van der Waals surface area contributed by atoms with Gasteiger partial charge in [0.15, 0.2) is 0 Å². The van der Waals surface area contributed by atoms with Crippen LogP contribution in [-0.4, -0.2) is 10.8 Å². The number of hydrogen-bond donors (Lipinski definition) is 1. The van der Waals surface area contributed by atoms with E-state index in [9.17, 15) is 0 Å². The van der Waals surface area contributed by atoms with E-state index in [-0.39, 0.29) is 0 Å². The molecule has 0 radical (unpaired) electrons. The molecule has 0 fully saturated rings. The van der Waals surface area contributed by atoms with Gasteiger partial charge in [-0.15, -0.1) is 0 Å². The molecule has 0 aliphatic rings. The zero-order chi connectivity index (χ0) is 13.0. The predicted molar refractivity (Wildman–Crippen MR) is 75.1 cm³/mol. The molecule has 1 heterocycles. The van der Waals surface area contributed by atoms with Gasteiger partial charge in [-0.05, 0) is 35.9 Å². The van der Waals surface area contributed by atoms with E-state index < -0.39 is 0 Å². The van der Waals surface area contributed by atoms with Gasteiger partial charge in [0.25, 0.3) is 0 Å². The summed E-state index contributed by atoms with van der Waals surface area (Å²) in [5, 5.41) is 1.26. The summed E-state index contributed by atoms with van der Waals surface area (Å²) in [7, 11) is 0. The van der Waals surface area contributed by atoms with E-state index in [0.717, 1.165) is 11.1 Å². The maximum atomic E-state index is 6.04. The third kappa shape index (κ3) is 3.22. The molecule has 0 unspecified atom stereocenters. The molecule has 18 heavy (non-hydrogen) atoms. The Kier molecular flexibility index (Phi) is 4.18. The topological polar surface area (TPSA) is 51.3 Å². The molecule has 0 atom stereocenters. The Morgan fingerprint density at radius 1 is 1.28 bits per heavy atom. The maximum Gasteiger partial charge on any atom is 0.127 e. The Morgan fingerprint density at radius 3 is 2.83 bits per heavy atom. The molecule has 3 nitrogen and oxygen atoms in total. The molecule has 0 aliphatic carbocycles. The van der Waals surface area contributed by atoms with Crippen molar-refractivity contribution in [3.63, 3.8) is 0 Å². The van der Waals surface area contributed by atoms with Gasteiger partial charge >= 0.3 is 0 Å². The first-order chi connectivity index (χ1) is 8.66. The Hall–Kier alpha value is -1.58. The number of pyridine rings is 1. The Bertz CT molecular complexity index is 568. The van der Waals surface area contributed by atoms with Gasteiger partial charge in [-0.1, -0.05) is 23.2 Å². The van der Waals surface area contributed by atoms with Crippen LogP contribution in [0.2, 0.25) is 10.0 Å². The largest absolute Gasteiger partial charge is 0.383 e. The van der Waals surface area contributed by atoms with Crippen molar-refractivity contribution in [3.05, 3.63) is 63.9 Å². The Labute approximate surface area is 115 Å². The van der Waals surface area contributed by atoms with Gasteiger partial charge in [0.05, 0.1) is 6.54 Å². The van der Waals surface area contributed by atoms with Crippen LogP contribution in [0.1, 0.15) is 11.1 Å². The lowest BCUT2D eigenvalue weighted by Crippen LogP contribution is -2.13. The van der Waals surface area contributed by atoms with E-state index in [2.05, 4.69) is 9.98 Å². The lowest BCUT2D eigenvalue weighted by Gasteiger charge is -2.03. The van der Waals surface area contributed by atoms with Crippen LogP contribution >= 0.6 is 23.2 Å². The van der Waals surface area contributed by atoms with Gasteiger partial charge in [-0.3, -0.25) is 9.98 Å². The van der Waals surface area contributed by atoms with Crippen molar-refractivity contribution >= 4 is 29.0 Å². The molecule has 0 aliphatic heterocycles. The lowest BCUT2D eigenvalue weighted by atomic mass is 10.2. The SMILES string of the molecule is NC(=NCc1cc(Cl)ccc1Cl)c1cccnc1. The number of nitrogens with two attached hydrogens (primary N) is 1. The fourth-order valence-electron chi connectivity index (χ4n) is 1.44. The molecular weight excluding hydrogens is 269 g/mol. The molecule has 92 valence electrons. The van der Waals surface area contributed by atoms with Gasteiger partial charge in [-0.25, -0.2) is 0 Å². The average molecular weight is 280 g/mol. The monoisotopic (exact) mass is 279 g/mol. The molecule has 1 aromatic heterocycles. The van der Waals surface area contributed by atoms with E-state index in [1.54, 1.807) is 30.6 Å². The summed E-state index contributed by atoms with van der Waals surface area (Å²) in [6.45, 7) is 0.389. The predicted octanol–water partition coefficient (Wildman–Crippen LogP) is 3.29. The molecule has 0 bridgehead atoms. The minimum Gasteiger partial charge on any atom is -0.383 e. The second-order valence-corrected chi connectivity index (χ2v) is 4.52. The van der Waals surface area contributed by atoms with Crippen LogP contribution in [0.15, 0.2) is 47.7 Å². The van der Waals surface area contributed by atoms with E-state index in [1.165, 1.54) is 0 Å². The summed E-state index contributed by atoms with van der Waals surface area (Å²) < 4.78 is 0. The maximum absolute atomic E-state index is 6.04.